The second-order valence-corrected chi connectivity index (χ2v) is 5.13. The first kappa shape index (κ1) is 14.0. The average molecular weight is 298 g/mol. The van der Waals surface area contributed by atoms with Gasteiger partial charge < -0.3 is 5.32 Å². The molecule has 3 rings (SSSR count). The van der Waals surface area contributed by atoms with Crippen LogP contribution < -0.4 is 10.2 Å². The van der Waals surface area contributed by atoms with Gasteiger partial charge in [-0.05, 0) is 19.1 Å². The van der Waals surface area contributed by atoms with Crippen LogP contribution in [-0.4, -0.2) is 27.5 Å². The number of carbonyl (C=O) groups excluding carboxylic acids is 3. The molecule has 7 heteroatoms. The number of nitrogens with zero attached hydrogens (tertiary/aromatic N) is 3. The number of nitrogens with one attached hydrogen (secondary N) is 1. The number of anilines is 2. The van der Waals surface area contributed by atoms with Crippen LogP contribution in [-0.2, 0) is 11.8 Å². The fourth-order valence-electron chi connectivity index (χ4n) is 2.60. The zero-order valence-electron chi connectivity index (χ0n) is 12.4. The molecular formula is C15H14N4O3. The predicted octanol–water partition coefficient (Wildman–Crippen LogP) is 1.49. The molecule has 0 bridgehead atoms. The molecule has 0 saturated heterocycles. The van der Waals surface area contributed by atoms with Crippen LogP contribution in [0.1, 0.15) is 33.3 Å². The molecule has 3 amide bonds. The zero-order valence-corrected chi connectivity index (χ0v) is 12.4. The van der Waals surface area contributed by atoms with Crippen molar-refractivity contribution in [2.24, 2.45) is 7.05 Å². The van der Waals surface area contributed by atoms with Crippen LogP contribution in [0, 0.1) is 6.92 Å². The van der Waals surface area contributed by atoms with Crippen molar-refractivity contribution in [3.05, 3.63) is 41.2 Å². The fourth-order valence-corrected chi connectivity index (χ4v) is 2.60. The first-order chi connectivity index (χ1) is 10.4. The largest absolute Gasteiger partial charge is 0.326 e. The number of aromatic nitrogens is 2. The molecule has 0 aliphatic carbocycles. The number of fused-ring (bicyclic) bond motifs is 1. The number of carbonyl (C=O) groups is 3. The third-order valence-electron chi connectivity index (χ3n) is 3.45. The number of hydrogen-bond donors (Lipinski definition) is 1. The van der Waals surface area contributed by atoms with Crippen molar-refractivity contribution >= 4 is 29.1 Å². The molecular weight excluding hydrogens is 284 g/mol. The maximum absolute atomic E-state index is 12.7. The maximum Gasteiger partial charge on any atom is 0.268 e. The third kappa shape index (κ3) is 1.98. The van der Waals surface area contributed by atoms with Crippen LogP contribution >= 0.6 is 0 Å². The van der Waals surface area contributed by atoms with Gasteiger partial charge in [0, 0.05) is 20.2 Å². The molecule has 22 heavy (non-hydrogen) atoms. The lowest BCUT2D eigenvalue weighted by atomic mass is 10.1. The van der Waals surface area contributed by atoms with Crippen LogP contribution in [0.4, 0.5) is 11.4 Å². The average Bonchev–Trinajstić information content (AvgIpc) is 2.88. The van der Waals surface area contributed by atoms with Gasteiger partial charge in [0.1, 0.15) is 0 Å². The van der Waals surface area contributed by atoms with Gasteiger partial charge >= 0.3 is 0 Å². The normalized spacial score (nSPS) is 13.5. The predicted molar refractivity (Wildman–Crippen MR) is 79.8 cm³/mol. The van der Waals surface area contributed by atoms with E-state index in [0.717, 1.165) is 4.90 Å². The molecule has 0 spiro atoms. The summed E-state index contributed by atoms with van der Waals surface area (Å²) in [6.07, 6.45) is 1.62. The Labute approximate surface area is 126 Å². The minimum Gasteiger partial charge on any atom is -0.326 e. The lowest BCUT2D eigenvalue weighted by Crippen LogP contribution is -2.29. The summed E-state index contributed by atoms with van der Waals surface area (Å²) in [6.45, 7) is 3.08. The van der Waals surface area contributed by atoms with Crippen molar-refractivity contribution in [1.82, 2.24) is 9.78 Å². The highest BCUT2D eigenvalue weighted by Gasteiger charge is 2.40. The second kappa shape index (κ2) is 4.80. The van der Waals surface area contributed by atoms with Crippen molar-refractivity contribution in [2.45, 2.75) is 13.8 Å². The highest BCUT2D eigenvalue weighted by molar-refractivity contribution is 6.36. The quantitative estimate of drug-likeness (QED) is 0.851. The van der Waals surface area contributed by atoms with Crippen molar-refractivity contribution in [2.75, 3.05) is 10.2 Å². The smallest absolute Gasteiger partial charge is 0.268 e. The first-order valence-corrected chi connectivity index (χ1v) is 6.69. The molecule has 2 aromatic rings. The molecule has 1 aliphatic heterocycles. The Balaban J connectivity index is 2.13. The molecule has 1 aromatic carbocycles. The fraction of sp³-hybridized carbons (Fsp3) is 0.200. The van der Waals surface area contributed by atoms with Crippen molar-refractivity contribution in [3.63, 3.8) is 0 Å². The van der Waals surface area contributed by atoms with Crippen molar-refractivity contribution < 1.29 is 14.4 Å². The Kier molecular flexibility index (Phi) is 3.05. The molecule has 0 radical (unpaired) electrons. The lowest BCUT2D eigenvalue weighted by Gasteiger charge is -2.12. The topological polar surface area (TPSA) is 84.3 Å². The van der Waals surface area contributed by atoms with E-state index < -0.39 is 11.8 Å². The van der Waals surface area contributed by atoms with Gasteiger partial charge in [-0.3, -0.25) is 19.1 Å². The van der Waals surface area contributed by atoms with Gasteiger partial charge in [-0.15, -0.1) is 0 Å². The minimum absolute atomic E-state index is 0.214. The van der Waals surface area contributed by atoms with Gasteiger partial charge in [0.05, 0.1) is 28.2 Å². The number of aryl methyl sites for hydroxylation is 2. The Bertz CT molecular complexity index is 822. The molecule has 1 aliphatic rings. The minimum atomic E-state index is -0.458. The molecule has 112 valence electrons. The SMILES string of the molecule is CC(=O)Nc1cccc2c1C(=O)N(c1cn(C)nc1C)C2=O. The Hall–Kier alpha value is -2.96. The van der Waals surface area contributed by atoms with Gasteiger partial charge in [-0.1, -0.05) is 6.07 Å². The third-order valence-corrected chi connectivity index (χ3v) is 3.45. The van der Waals surface area contributed by atoms with E-state index in [-0.39, 0.29) is 17.0 Å². The summed E-state index contributed by atoms with van der Waals surface area (Å²) in [5, 5.41) is 6.75. The summed E-state index contributed by atoms with van der Waals surface area (Å²) in [5.74, 6) is -1.17. The van der Waals surface area contributed by atoms with E-state index in [2.05, 4.69) is 10.4 Å². The molecule has 2 heterocycles. The standard InChI is InChI=1S/C15H14N4O3/c1-8-12(7-18(3)17-8)19-14(21)10-5-4-6-11(16-9(2)20)13(10)15(19)22/h4-7H,1-3H3,(H,16,20). The highest BCUT2D eigenvalue weighted by atomic mass is 16.2. The van der Waals surface area contributed by atoms with E-state index in [1.165, 1.54) is 6.92 Å². The van der Waals surface area contributed by atoms with Gasteiger partial charge in [0.25, 0.3) is 11.8 Å². The lowest BCUT2D eigenvalue weighted by molar-refractivity contribution is -0.114. The van der Waals surface area contributed by atoms with E-state index in [4.69, 9.17) is 0 Å². The van der Waals surface area contributed by atoms with Gasteiger partial charge in [0.2, 0.25) is 5.91 Å². The molecule has 0 unspecified atom stereocenters. The van der Waals surface area contributed by atoms with E-state index in [0.29, 0.717) is 17.1 Å². The first-order valence-electron chi connectivity index (χ1n) is 6.69. The van der Waals surface area contributed by atoms with Crippen molar-refractivity contribution in [3.8, 4) is 0 Å². The molecule has 1 aromatic heterocycles. The number of benzene rings is 1. The van der Waals surface area contributed by atoms with Crippen LogP contribution in [0.2, 0.25) is 0 Å². The van der Waals surface area contributed by atoms with Crippen LogP contribution in [0.15, 0.2) is 24.4 Å². The van der Waals surface area contributed by atoms with E-state index in [9.17, 15) is 14.4 Å². The van der Waals surface area contributed by atoms with Gasteiger partial charge in [-0.25, -0.2) is 4.90 Å². The number of rotatable bonds is 2. The van der Waals surface area contributed by atoms with Gasteiger partial charge in [-0.2, -0.15) is 5.10 Å². The Morgan fingerprint density at radius 3 is 2.55 bits per heavy atom. The molecule has 0 atom stereocenters. The van der Waals surface area contributed by atoms with E-state index in [1.54, 1.807) is 43.0 Å². The molecule has 0 fully saturated rings. The molecule has 7 nitrogen and oxygen atoms in total. The number of amides is 3. The van der Waals surface area contributed by atoms with Crippen LogP contribution in [0.3, 0.4) is 0 Å². The van der Waals surface area contributed by atoms with Gasteiger partial charge in [0.15, 0.2) is 0 Å². The highest BCUT2D eigenvalue weighted by Crippen LogP contribution is 2.33. The second-order valence-electron chi connectivity index (χ2n) is 5.13. The number of hydrogen-bond acceptors (Lipinski definition) is 4. The Morgan fingerprint density at radius 2 is 1.95 bits per heavy atom. The Morgan fingerprint density at radius 1 is 1.23 bits per heavy atom. The van der Waals surface area contributed by atoms with Crippen LogP contribution in [0.25, 0.3) is 0 Å². The van der Waals surface area contributed by atoms with E-state index in [1.807, 2.05) is 0 Å². The summed E-state index contributed by atoms with van der Waals surface area (Å²) in [6, 6.07) is 4.81. The van der Waals surface area contributed by atoms with E-state index >= 15 is 0 Å². The summed E-state index contributed by atoms with van der Waals surface area (Å²) in [5.41, 5.74) is 1.86. The summed E-state index contributed by atoms with van der Waals surface area (Å²) >= 11 is 0. The molecule has 0 saturated carbocycles. The zero-order chi connectivity index (χ0) is 16.0. The summed E-state index contributed by atoms with van der Waals surface area (Å²) < 4.78 is 1.54. The summed E-state index contributed by atoms with van der Waals surface area (Å²) in [7, 11) is 1.72. The number of imide groups is 1. The van der Waals surface area contributed by atoms with Crippen LogP contribution in [0.5, 0.6) is 0 Å². The summed E-state index contributed by atoms with van der Waals surface area (Å²) in [4.78, 5) is 37.6. The monoisotopic (exact) mass is 298 g/mol. The molecule has 1 N–H and O–H groups in total. The maximum atomic E-state index is 12.7. The van der Waals surface area contributed by atoms with Crippen molar-refractivity contribution in [1.29, 1.82) is 0 Å².